The molecular weight excluding hydrogens is 430 g/mol. The van der Waals surface area contributed by atoms with Crippen LogP contribution in [0.4, 0.5) is 11.6 Å². The molecule has 0 radical (unpaired) electrons. The number of carbonyl (C=O) groups excluding carboxylic acids is 1. The number of amides is 1. The van der Waals surface area contributed by atoms with Crippen LogP contribution in [0, 0.1) is 6.92 Å². The van der Waals surface area contributed by atoms with Crippen molar-refractivity contribution in [1.29, 1.82) is 0 Å². The van der Waals surface area contributed by atoms with E-state index in [4.69, 9.17) is 4.98 Å². The molecule has 172 valence electrons. The Kier molecular flexibility index (Phi) is 5.14. The van der Waals surface area contributed by atoms with Crippen molar-refractivity contribution in [2.45, 2.75) is 38.9 Å². The van der Waals surface area contributed by atoms with Gasteiger partial charge in [-0.2, -0.15) is 0 Å². The van der Waals surface area contributed by atoms with Crippen molar-refractivity contribution < 1.29 is 4.79 Å². The second-order valence-corrected chi connectivity index (χ2v) is 9.01. The van der Waals surface area contributed by atoms with Crippen molar-refractivity contribution in [3.05, 3.63) is 65.2 Å². The van der Waals surface area contributed by atoms with Crippen LogP contribution in [0.5, 0.6) is 0 Å². The first-order valence-corrected chi connectivity index (χ1v) is 11.5. The van der Waals surface area contributed by atoms with Crippen molar-refractivity contribution in [3.8, 4) is 0 Å². The van der Waals surface area contributed by atoms with Crippen LogP contribution in [-0.2, 0) is 13.1 Å². The highest BCUT2D eigenvalue weighted by Gasteiger charge is 2.31. The number of likely N-dealkylation sites (tertiary alicyclic amines) is 1. The fraction of sp³-hybridized carbons (Fsp3) is 0.333. The number of aromatic nitrogens is 6. The number of aryl methyl sites for hydroxylation is 1. The first-order chi connectivity index (χ1) is 16.6. The van der Waals surface area contributed by atoms with Crippen LogP contribution in [0.1, 0.15) is 40.0 Å². The minimum Gasteiger partial charge on any atom is -0.339 e. The summed E-state index contributed by atoms with van der Waals surface area (Å²) < 4.78 is 0. The van der Waals surface area contributed by atoms with E-state index in [1.165, 1.54) is 5.56 Å². The number of pyridine rings is 1. The van der Waals surface area contributed by atoms with Crippen LogP contribution in [-0.4, -0.2) is 65.2 Å². The normalized spacial score (nSPS) is 16.7. The number of aromatic amines is 1. The zero-order valence-electron chi connectivity index (χ0n) is 18.9. The Hall–Kier alpha value is -3.92. The summed E-state index contributed by atoms with van der Waals surface area (Å²) in [5, 5.41) is 13.9. The van der Waals surface area contributed by atoms with Crippen LogP contribution in [0.25, 0.3) is 11.0 Å². The van der Waals surface area contributed by atoms with E-state index in [0.29, 0.717) is 23.1 Å². The van der Waals surface area contributed by atoms with E-state index in [-0.39, 0.29) is 5.91 Å². The number of hydrogen-bond donors (Lipinski definition) is 2. The minimum absolute atomic E-state index is 0.0558. The summed E-state index contributed by atoms with van der Waals surface area (Å²) in [5.74, 6) is 0.651. The number of piperidine rings is 1. The van der Waals surface area contributed by atoms with Crippen molar-refractivity contribution in [3.63, 3.8) is 0 Å². The highest BCUT2D eigenvalue weighted by atomic mass is 16.2. The summed E-state index contributed by atoms with van der Waals surface area (Å²) in [6.45, 7) is 5.15. The lowest BCUT2D eigenvalue weighted by atomic mass is 10.0. The third kappa shape index (κ3) is 3.96. The van der Waals surface area contributed by atoms with Crippen LogP contribution in [0.3, 0.4) is 0 Å². The highest BCUT2D eigenvalue weighted by molar-refractivity contribution is 5.97. The second kappa shape index (κ2) is 8.45. The van der Waals surface area contributed by atoms with E-state index >= 15 is 0 Å². The van der Waals surface area contributed by atoms with Crippen LogP contribution >= 0.6 is 0 Å². The van der Waals surface area contributed by atoms with Gasteiger partial charge in [0.2, 0.25) is 5.95 Å². The Balaban J connectivity index is 1.07. The van der Waals surface area contributed by atoms with Gasteiger partial charge >= 0.3 is 0 Å². The molecule has 0 unspecified atom stereocenters. The predicted octanol–water partition coefficient (Wildman–Crippen LogP) is 2.82. The molecule has 0 aliphatic carbocycles. The standard InChI is InChI=1S/C24H25N9O/c1-15-8-18(12-25-10-15)27-24-26-11-17-13-33(14-22(17)28-24)19-4-6-32(7-5-19)23(34)16-2-3-20-21(9-16)30-31-29-20/h2-3,8-12,19H,4-7,13-14H2,1H3,(H,26,27,28)(H,29,30,31). The molecule has 0 bridgehead atoms. The fourth-order valence-electron chi connectivity index (χ4n) is 4.84. The van der Waals surface area contributed by atoms with Crippen LogP contribution in [0.2, 0.25) is 0 Å². The Morgan fingerprint density at radius 3 is 2.85 bits per heavy atom. The molecular formula is C24H25N9O. The Morgan fingerprint density at radius 1 is 1.12 bits per heavy atom. The topological polar surface area (TPSA) is 116 Å². The number of benzene rings is 1. The number of anilines is 2. The number of carbonyl (C=O) groups is 1. The molecule has 1 fully saturated rings. The van der Waals surface area contributed by atoms with Gasteiger partial charge in [0.15, 0.2) is 0 Å². The molecule has 1 aromatic carbocycles. The molecule has 2 N–H and O–H groups in total. The fourth-order valence-corrected chi connectivity index (χ4v) is 4.84. The van der Waals surface area contributed by atoms with E-state index in [1.807, 2.05) is 48.5 Å². The van der Waals surface area contributed by atoms with Gasteiger partial charge in [0.25, 0.3) is 5.91 Å². The lowest BCUT2D eigenvalue weighted by molar-refractivity contribution is 0.0613. The molecule has 10 nitrogen and oxygen atoms in total. The van der Waals surface area contributed by atoms with Crippen molar-refractivity contribution in [1.82, 2.24) is 40.2 Å². The zero-order chi connectivity index (χ0) is 23.1. The van der Waals surface area contributed by atoms with Gasteiger partial charge in [-0.1, -0.05) is 5.21 Å². The quantitative estimate of drug-likeness (QED) is 0.483. The van der Waals surface area contributed by atoms with Crippen molar-refractivity contribution >= 4 is 28.6 Å². The molecule has 2 aliphatic rings. The molecule has 10 heteroatoms. The lowest BCUT2D eigenvalue weighted by Gasteiger charge is -2.36. The van der Waals surface area contributed by atoms with Gasteiger partial charge < -0.3 is 10.2 Å². The van der Waals surface area contributed by atoms with Crippen LogP contribution in [0.15, 0.2) is 42.9 Å². The molecule has 1 saturated heterocycles. The first kappa shape index (κ1) is 20.7. The van der Waals surface area contributed by atoms with Gasteiger partial charge in [-0.3, -0.25) is 19.8 Å². The highest BCUT2D eigenvalue weighted by Crippen LogP contribution is 2.28. The maximum Gasteiger partial charge on any atom is 0.253 e. The first-order valence-electron chi connectivity index (χ1n) is 11.5. The summed E-state index contributed by atoms with van der Waals surface area (Å²) in [5.41, 5.74) is 6.41. The summed E-state index contributed by atoms with van der Waals surface area (Å²) in [7, 11) is 0. The second-order valence-electron chi connectivity index (χ2n) is 9.01. The number of fused-ring (bicyclic) bond motifs is 2. The van der Waals surface area contributed by atoms with Gasteiger partial charge in [0.1, 0.15) is 5.52 Å². The number of H-pyrrole nitrogens is 1. The Morgan fingerprint density at radius 2 is 2.00 bits per heavy atom. The molecule has 5 heterocycles. The molecule has 0 spiro atoms. The molecule has 1 amide bonds. The largest absolute Gasteiger partial charge is 0.339 e. The van der Waals surface area contributed by atoms with Crippen LogP contribution < -0.4 is 5.32 Å². The molecule has 4 aromatic rings. The van der Waals surface area contributed by atoms with E-state index < -0.39 is 0 Å². The molecule has 0 atom stereocenters. The van der Waals surface area contributed by atoms with E-state index in [1.54, 1.807) is 6.20 Å². The number of rotatable bonds is 4. The van der Waals surface area contributed by atoms with Gasteiger partial charge in [-0.05, 0) is 49.6 Å². The summed E-state index contributed by atoms with van der Waals surface area (Å²) >= 11 is 0. The number of nitrogens with one attached hydrogen (secondary N) is 2. The molecule has 0 saturated carbocycles. The van der Waals surface area contributed by atoms with Crippen molar-refractivity contribution in [2.75, 3.05) is 18.4 Å². The molecule has 2 aliphatic heterocycles. The zero-order valence-corrected chi connectivity index (χ0v) is 18.9. The van der Waals surface area contributed by atoms with Gasteiger partial charge in [-0.15, -0.1) is 5.10 Å². The van der Waals surface area contributed by atoms with Gasteiger partial charge in [0.05, 0.1) is 23.1 Å². The third-order valence-electron chi connectivity index (χ3n) is 6.65. The maximum atomic E-state index is 13.0. The average molecular weight is 456 g/mol. The van der Waals surface area contributed by atoms with Crippen molar-refractivity contribution in [2.24, 2.45) is 0 Å². The van der Waals surface area contributed by atoms with E-state index in [9.17, 15) is 4.79 Å². The molecule has 3 aromatic heterocycles. The van der Waals surface area contributed by atoms with Gasteiger partial charge in [0, 0.05) is 55.7 Å². The Labute approximate surface area is 196 Å². The smallest absolute Gasteiger partial charge is 0.253 e. The lowest BCUT2D eigenvalue weighted by Crippen LogP contribution is -2.45. The molecule has 6 rings (SSSR count). The summed E-state index contributed by atoms with van der Waals surface area (Å²) in [6, 6.07) is 7.95. The van der Waals surface area contributed by atoms with E-state index in [2.05, 4.69) is 35.6 Å². The van der Waals surface area contributed by atoms with Gasteiger partial charge in [-0.25, -0.2) is 9.97 Å². The monoisotopic (exact) mass is 455 g/mol. The summed E-state index contributed by atoms with van der Waals surface area (Å²) in [4.78, 5) is 30.9. The SMILES string of the molecule is Cc1cncc(Nc2ncc3c(n2)CN(C2CCN(C(=O)c4ccc5[nH]nnc5c4)CC2)C3)c1. The number of hydrogen-bond acceptors (Lipinski definition) is 8. The number of nitrogens with zero attached hydrogens (tertiary/aromatic N) is 7. The average Bonchev–Trinajstić information content (AvgIpc) is 3.50. The summed E-state index contributed by atoms with van der Waals surface area (Å²) in [6.07, 6.45) is 7.40. The molecule has 34 heavy (non-hydrogen) atoms. The third-order valence-corrected chi connectivity index (χ3v) is 6.65. The minimum atomic E-state index is 0.0558. The predicted molar refractivity (Wildman–Crippen MR) is 126 cm³/mol. The Bertz CT molecular complexity index is 1360. The van der Waals surface area contributed by atoms with E-state index in [0.717, 1.165) is 61.5 Å². The maximum absolute atomic E-state index is 13.0.